The molecule has 0 aromatic carbocycles. The van der Waals surface area contributed by atoms with Gasteiger partial charge in [-0.3, -0.25) is 4.98 Å². The van der Waals surface area contributed by atoms with E-state index < -0.39 is 0 Å². The monoisotopic (exact) mass is 271 g/mol. The predicted octanol–water partition coefficient (Wildman–Crippen LogP) is 2.44. The highest BCUT2D eigenvalue weighted by atomic mass is 32.1. The van der Waals surface area contributed by atoms with Crippen LogP contribution >= 0.6 is 11.3 Å². The van der Waals surface area contributed by atoms with E-state index in [-0.39, 0.29) is 0 Å². The Bertz CT molecular complexity index is 689. The van der Waals surface area contributed by atoms with Crippen molar-refractivity contribution < 1.29 is 0 Å². The van der Waals surface area contributed by atoms with E-state index in [9.17, 15) is 0 Å². The highest BCUT2D eigenvalue weighted by Crippen LogP contribution is 2.17. The summed E-state index contributed by atoms with van der Waals surface area (Å²) in [4.78, 5) is 18.5. The maximum atomic E-state index is 4.32. The molecule has 0 bridgehead atoms. The van der Waals surface area contributed by atoms with Crippen molar-refractivity contribution in [1.82, 2.24) is 19.9 Å². The number of fused-ring (bicyclic) bond motifs is 1. The number of hydrogen-bond donors (Lipinski definition) is 1. The van der Waals surface area contributed by atoms with Gasteiger partial charge in [0.1, 0.15) is 5.52 Å². The molecule has 1 N–H and O–H groups in total. The molecule has 96 valence electrons. The molecular formula is C13H13N5S. The number of thiazole rings is 1. The Kier molecular flexibility index (Phi) is 3.33. The molecule has 3 aromatic heterocycles. The Balaban J connectivity index is 1.74. The molecule has 0 saturated heterocycles. The van der Waals surface area contributed by atoms with Crippen LogP contribution in [0.25, 0.3) is 11.0 Å². The van der Waals surface area contributed by atoms with Crippen molar-refractivity contribution in [1.29, 1.82) is 0 Å². The van der Waals surface area contributed by atoms with Gasteiger partial charge in [-0.05, 0) is 13.0 Å². The first-order chi connectivity index (χ1) is 9.34. The predicted molar refractivity (Wildman–Crippen MR) is 76.4 cm³/mol. The van der Waals surface area contributed by atoms with Crippen molar-refractivity contribution in [3.8, 4) is 0 Å². The molecule has 5 nitrogen and oxygen atoms in total. The number of aromatic nitrogens is 4. The van der Waals surface area contributed by atoms with Crippen LogP contribution in [0.3, 0.4) is 0 Å². The maximum absolute atomic E-state index is 4.32. The summed E-state index contributed by atoms with van der Waals surface area (Å²) in [5.41, 5.74) is 4.66. The normalized spacial score (nSPS) is 10.8. The van der Waals surface area contributed by atoms with E-state index >= 15 is 0 Å². The first-order valence-corrected chi connectivity index (χ1v) is 6.91. The van der Waals surface area contributed by atoms with Gasteiger partial charge in [0.05, 0.1) is 16.7 Å². The standard InChI is InChI=1S/C13H13N5S/c1-9-11(19-8-18-9)3-5-17-13-12-10(2-4-16-13)14-6-7-15-12/h2,4,6-8H,3,5H2,1H3,(H,16,17). The molecule has 0 amide bonds. The number of pyridine rings is 1. The Morgan fingerprint density at radius 1 is 1.11 bits per heavy atom. The highest BCUT2D eigenvalue weighted by molar-refractivity contribution is 7.09. The van der Waals surface area contributed by atoms with E-state index in [1.54, 1.807) is 29.9 Å². The largest absolute Gasteiger partial charge is 0.368 e. The summed E-state index contributed by atoms with van der Waals surface area (Å²) >= 11 is 1.69. The van der Waals surface area contributed by atoms with Gasteiger partial charge in [-0.1, -0.05) is 0 Å². The summed E-state index contributed by atoms with van der Waals surface area (Å²) in [7, 11) is 0. The second-order valence-corrected chi connectivity index (χ2v) is 5.06. The maximum Gasteiger partial charge on any atom is 0.154 e. The topological polar surface area (TPSA) is 63.6 Å². The van der Waals surface area contributed by atoms with Crippen LogP contribution in [0.4, 0.5) is 5.82 Å². The Morgan fingerprint density at radius 2 is 2.00 bits per heavy atom. The van der Waals surface area contributed by atoms with E-state index in [0.717, 1.165) is 35.5 Å². The molecule has 0 saturated carbocycles. The van der Waals surface area contributed by atoms with Crippen molar-refractivity contribution in [3.05, 3.63) is 40.7 Å². The molecule has 3 aromatic rings. The molecule has 0 aliphatic carbocycles. The average Bonchev–Trinajstić information content (AvgIpc) is 2.85. The number of nitrogens with one attached hydrogen (secondary N) is 1. The van der Waals surface area contributed by atoms with Gasteiger partial charge in [0.15, 0.2) is 5.82 Å². The van der Waals surface area contributed by atoms with Crippen LogP contribution in [0.2, 0.25) is 0 Å². The third-order valence-corrected chi connectivity index (χ3v) is 3.87. The fourth-order valence-electron chi connectivity index (χ4n) is 1.89. The minimum atomic E-state index is 0.785. The third kappa shape index (κ3) is 2.53. The smallest absolute Gasteiger partial charge is 0.154 e. The Labute approximate surface area is 114 Å². The van der Waals surface area contributed by atoms with Crippen molar-refractivity contribution in [2.24, 2.45) is 0 Å². The number of anilines is 1. The third-order valence-electron chi connectivity index (χ3n) is 2.88. The van der Waals surface area contributed by atoms with E-state index in [4.69, 9.17) is 0 Å². The molecule has 0 spiro atoms. The molecular weight excluding hydrogens is 258 g/mol. The number of aryl methyl sites for hydroxylation is 1. The minimum absolute atomic E-state index is 0.785. The van der Waals surface area contributed by atoms with E-state index in [0.29, 0.717) is 0 Å². The molecule has 3 rings (SSSR count). The van der Waals surface area contributed by atoms with Crippen LogP contribution in [0.15, 0.2) is 30.2 Å². The lowest BCUT2D eigenvalue weighted by molar-refractivity contribution is 1.01. The first-order valence-electron chi connectivity index (χ1n) is 6.03. The van der Waals surface area contributed by atoms with Crippen LogP contribution < -0.4 is 5.32 Å². The van der Waals surface area contributed by atoms with Gasteiger partial charge >= 0.3 is 0 Å². The second-order valence-electron chi connectivity index (χ2n) is 4.12. The second kappa shape index (κ2) is 5.27. The summed E-state index contributed by atoms with van der Waals surface area (Å²) in [6, 6.07) is 1.86. The molecule has 0 atom stereocenters. The fraction of sp³-hybridized carbons (Fsp3) is 0.231. The van der Waals surface area contributed by atoms with Gasteiger partial charge in [-0.15, -0.1) is 11.3 Å². The van der Waals surface area contributed by atoms with Crippen molar-refractivity contribution in [2.45, 2.75) is 13.3 Å². The first kappa shape index (κ1) is 12.0. The SMILES string of the molecule is Cc1ncsc1CCNc1nccc2nccnc12. The summed E-state index contributed by atoms with van der Waals surface area (Å²) in [6.07, 6.45) is 6.06. The molecule has 0 radical (unpaired) electrons. The van der Waals surface area contributed by atoms with Crippen LogP contribution in [-0.4, -0.2) is 26.5 Å². The lowest BCUT2D eigenvalue weighted by Gasteiger charge is -2.06. The van der Waals surface area contributed by atoms with Gasteiger partial charge in [0, 0.05) is 36.4 Å². The molecule has 6 heteroatoms. The molecule has 19 heavy (non-hydrogen) atoms. The van der Waals surface area contributed by atoms with E-state index in [1.165, 1.54) is 4.88 Å². The fourth-order valence-corrected chi connectivity index (χ4v) is 2.67. The summed E-state index contributed by atoms with van der Waals surface area (Å²) in [5, 5.41) is 3.32. The van der Waals surface area contributed by atoms with Gasteiger partial charge < -0.3 is 5.32 Å². The molecule has 3 heterocycles. The number of rotatable bonds is 4. The highest BCUT2D eigenvalue weighted by Gasteiger charge is 2.05. The van der Waals surface area contributed by atoms with Crippen molar-refractivity contribution in [2.75, 3.05) is 11.9 Å². The van der Waals surface area contributed by atoms with Crippen LogP contribution in [0, 0.1) is 6.92 Å². The zero-order valence-electron chi connectivity index (χ0n) is 10.5. The average molecular weight is 271 g/mol. The summed E-state index contributed by atoms with van der Waals surface area (Å²) in [5.74, 6) is 0.785. The lowest BCUT2D eigenvalue weighted by Crippen LogP contribution is -2.07. The van der Waals surface area contributed by atoms with Gasteiger partial charge in [-0.25, -0.2) is 15.0 Å². The summed E-state index contributed by atoms with van der Waals surface area (Å²) in [6.45, 7) is 2.85. The molecule has 0 unspecified atom stereocenters. The molecule has 0 aliphatic rings. The van der Waals surface area contributed by atoms with Crippen molar-refractivity contribution >= 4 is 28.2 Å². The molecule has 0 aliphatic heterocycles. The number of nitrogens with zero attached hydrogens (tertiary/aromatic N) is 4. The van der Waals surface area contributed by atoms with E-state index in [1.807, 2.05) is 18.5 Å². The minimum Gasteiger partial charge on any atom is -0.368 e. The van der Waals surface area contributed by atoms with E-state index in [2.05, 4.69) is 25.3 Å². The van der Waals surface area contributed by atoms with Crippen LogP contribution in [0.5, 0.6) is 0 Å². The summed E-state index contributed by atoms with van der Waals surface area (Å²) < 4.78 is 0. The van der Waals surface area contributed by atoms with Gasteiger partial charge in [-0.2, -0.15) is 0 Å². The molecule has 0 fully saturated rings. The van der Waals surface area contributed by atoms with Gasteiger partial charge in [0.2, 0.25) is 0 Å². The van der Waals surface area contributed by atoms with Gasteiger partial charge in [0.25, 0.3) is 0 Å². The van der Waals surface area contributed by atoms with Crippen LogP contribution in [0.1, 0.15) is 10.6 Å². The lowest BCUT2D eigenvalue weighted by atomic mass is 10.3. The Hall–Kier alpha value is -2.08. The van der Waals surface area contributed by atoms with Crippen molar-refractivity contribution in [3.63, 3.8) is 0 Å². The zero-order valence-corrected chi connectivity index (χ0v) is 11.3. The van der Waals surface area contributed by atoms with Crippen LogP contribution in [-0.2, 0) is 6.42 Å². The number of hydrogen-bond acceptors (Lipinski definition) is 6. The Morgan fingerprint density at radius 3 is 2.84 bits per heavy atom. The quantitative estimate of drug-likeness (QED) is 0.789. The zero-order chi connectivity index (χ0) is 13.1.